The molecule has 1 heterocycles. The molecule has 0 amide bonds. The van der Waals surface area contributed by atoms with Gasteiger partial charge in [-0.15, -0.1) is 0 Å². The van der Waals surface area contributed by atoms with E-state index in [0.29, 0.717) is 12.7 Å². The first kappa shape index (κ1) is 8.75. The van der Waals surface area contributed by atoms with Gasteiger partial charge in [0.05, 0.1) is 12.7 Å². The molecule has 1 aliphatic rings. The van der Waals surface area contributed by atoms with Crippen LogP contribution in [0.1, 0.15) is 19.8 Å². The van der Waals surface area contributed by atoms with Crippen molar-refractivity contribution in [2.24, 2.45) is 0 Å². The first-order chi connectivity index (χ1) is 5.29. The van der Waals surface area contributed by atoms with Crippen molar-refractivity contribution in [3.8, 4) is 0 Å². The van der Waals surface area contributed by atoms with Gasteiger partial charge in [-0.3, -0.25) is 0 Å². The normalized spacial score (nSPS) is 25.0. The lowest BCUT2D eigenvalue weighted by Crippen LogP contribution is -2.35. The molecule has 1 fully saturated rings. The predicted molar refractivity (Wildman–Crippen MR) is 46.7 cm³/mol. The summed E-state index contributed by atoms with van der Waals surface area (Å²) in [5.41, 5.74) is 1.11. The van der Waals surface area contributed by atoms with Gasteiger partial charge in [-0.2, -0.15) is 0 Å². The first-order valence-corrected chi connectivity index (χ1v) is 4.26. The molecule has 0 radical (unpaired) electrons. The molecule has 0 bridgehead atoms. The minimum absolute atomic E-state index is 0.417. The number of piperidine rings is 1. The molecule has 0 spiro atoms. The topological polar surface area (TPSA) is 21.3 Å². The van der Waals surface area contributed by atoms with Crippen LogP contribution in [0.3, 0.4) is 0 Å². The largest absolute Gasteiger partial charge is 0.373 e. The van der Waals surface area contributed by atoms with Gasteiger partial charge in [-0.1, -0.05) is 12.2 Å². The standard InChI is InChI=1S/C9H17NO/c1-8(2)7-11-9-4-3-5-10-6-9/h9-10H,1,3-7H2,2H3/t9-/m0/s1. The van der Waals surface area contributed by atoms with Crippen LogP contribution in [0, 0.1) is 0 Å². The maximum Gasteiger partial charge on any atom is 0.0704 e. The van der Waals surface area contributed by atoms with Crippen LogP contribution in [0.5, 0.6) is 0 Å². The Kier molecular flexibility index (Phi) is 3.60. The fraction of sp³-hybridized carbons (Fsp3) is 0.778. The van der Waals surface area contributed by atoms with Gasteiger partial charge in [0.2, 0.25) is 0 Å². The molecule has 0 unspecified atom stereocenters. The van der Waals surface area contributed by atoms with Crippen molar-refractivity contribution in [3.05, 3.63) is 12.2 Å². The SMILES string of the molecule is C=C(C)CO[C@H]1CCCNC1. The fourth-order valence-corrected chi connectivity index (χ4v) is 1.22. The highest BCUT2D eigenvalue weighted by molar-refractivity contribution is 4.88. The maximum absolute atomic E-state index is 5.58. The minimum Gasteiger partial charge on any atom is -0.373 e. The van der Waals surface area contributed by atoms with Crippen molar-refractivity contribution in [1.82, 2.24) is 5.32 Å². The highest BCUT2D eigenvalue weighted by Crippen LogP contribution is 2.06. The molecule has 0 saturated carbocycles. The number of ether oxygens (including phenoxy) is 1. The summed E-state index contributed by atoms with van der Waals surface area (Å²) in [5, 5.41) is 3.30. The maximum atomic E-state index is 5.58. The van der Waals surface area contributed by atoms with Crippen LogP contribution in [-0.4, -0.2) is 25.8 Å². The van der Waals surface area contributed by atoms with Gasteiger partial charge in [-0.25, -0.2) is 0 Å². The number of rotatable bonds is 3. The highest BCUT2D eigenvalue weighted by Gasteiger charge is 2.12. The van der Waals surface area contributed by atoms with Gasteiger partial charge in [-0.05, 0) is 26.3 Å². The van der Waals surface area contributed by atoms with Gasteiger partial charge >= 0.3 is 0 Å². The van der Waals surface area contributed by atoms with E-state index in [1.54, 1.807) is 0 Å². The van der Waals surface area contributed by atoms with E-state index >= 15 is 0 Å². The van der Waals surface area contributed by atoms with Gasteiger partial charge in [0.1, 0.15) is 0 Å². The third kappa shape index (κ3) is 3.54. The van der Waals surface area contributed by atoms with E-state index in [2.05, 4.69) is 11.9 Å². The van der Waals surface area contributed by atoms with Crippen molar-refractivity contribution in [1.29, 1.82) is 0 Å². The van der Waals surface area contributed by atoms with Crippen LogP contribution in [0.2, 0.25) is 0 Å². The van der Waals surface area contributed by atoms with E-state index in [4.69, 9.17) is 4.74 Å². The molecule has 1 aliphatic heterocycles. The van der Waals surface area contributed by atoms with Crippen molar-refractivity contribution in [2.45, 2.75) is 25.9 Å². The Morgan fingerprint density at radius 3 is 3.09 bits per heavy atom. The number of hydrogen-bond donors (Lipinski definition) is 1. The van der Waals surface area contributed by atoms with Gasteiger partial charge in [0, 0.05) is 6.54 Å². The van der Waals surface area contributed by atoms with Gasteiger partial charge < -0.3 is 10.1 Å². The Balaban J connectivity index is 2.09. The average molecular weight is 155 g/mol. The molecule has 0 aliphatic carbocycles. The van der Waals surface area contributed by atoms with Crippen molar-refractivity contribution in [3.63, 3.8) is 0 Å². The molecule has 11 heavy (non-hydrogen) atoms. The zero-order valence-corrected chi connectivity index (χ0v) is 7.23. The quantitative estimate of drug-likeness (QED) is 0.621. The summed E-state index contributed by atoms with van der Waals surface area (Å²) >= 11 is 0. The smallest absolute Gasteiger partial charge is 0.0704 e. The van der Waals surface area contributed by atoms with Gasteiger partial charge in [0.15, 0.2) is 0 Å². The second-order valence-electron chi connectivity index (χ2n) is 3.24. The lowest BCUT2D eigenvalue weighted by molar-refractivity contribution is 0.0519. The summed E-state index contributed by atoms with van der Waals surface area (Å²) < 4.78 is 5.58. The summed E-state index contributed by atoms with van der Waals surface area (Å²) in [7, 11) is 0. The fourth-order valence-electron chi connectivity index (χ4n) is 1.22. The molecule has 2 heteroatoms. The third-order valence-corrected chi connectivity index (χ3v) is 1.82. The van der Waals surface area contributed by atoms with Crippen LogP contribution in [0.4, 0.5) is 0 Å². The van der Waals surface area contributed by atoms with E-state index in [-0.39, 0.29) is 0 Å². The average Bonchev–Trinajstić information content (AvgIpc) is 2.03. The number of hydrogen-bond acceptors (Lipinski definition) is 2. The lowest BCUT2D eigenvalue weighted by Gasteiger charge is -2.22. The molecule has 0 aromatic rings. The minimum atomic E-state index is 0.417. The molecule has 0 aromatic carbocycles. The molecule has 64 valence electrons. The van der Waals surface area contributed by atoms with Gasteiger partial charge in [0.25, 0.3) is 0 Å². The Bertz CT molecular complexity index is 128. The molecule has 0 aromatic heterocycles. The van der Waals surface area contributed by atoms with E-state index in [0.717, 1.165) is 18.7 Å². The molecular formula is C9H17NO. The summed E-state index contributed by atoms with van der Waals surface area (Å²) in [6.07, 6.45) is 2.85. The molecular weight excluding hydrogens is 138 g/mol. The Hall–Kier alpha value is -0.340. The zero-order chi connectivity index (χ0) is 8.10. The van der Waals surface area contributed by atoms with E-state index < -0.39 is 0 Å². The Labute approximate surface area is 68.6 Å². The Morgan fingerprint density at radius 2 is 2.55 bits per heavy atom. The van der Waals surface area contributed by atoms with E-state index in [1.807, 2.05) is 6.92 Å². The second kappa shape index (κ2) is 4.52. The first-order valence-electron chi connectivity index (χ1n) is 4.26. The molecule has 1 atom stereocenters. The van der Waals surface area contributed by atoms with Crippen molar-refractivity contribution in [2.75, 3.05) is 19.7 Å². The van der Waals surface area contributed by atoms with Crippen LogP contribution in [0.15, 0.2) is 12.2 Å². The number of nitrogens with one attached hydrogen (secondary N) is 1. The monoisotopic (exact) mass is 155 g/mol. The highest BCUT2D eigenvalue weighted by atomic mass is 16.5. The van der Waals surface area contributed by atoms with E-state index in [9.17, 15) is 0 Å². The van der Waals surface area contributed by atoms with E-state index in [1.165, 1.54) is 12.8 Å². The summed E-state index contributed by atoms with van der Waals surface area (Å²) in [6.45, 7) is 8.66. The summed E-state index contributed by atoms with van der Waals surface area (Å²) in [5.74, 6) is 0. The third-order valence-electron chi connectivity index (χ3n) is 1.82. The van der Waals surface area contributed by atoms with Crippen molar-refractivity contribution >= 4 is 0 Å². The van der Waals surface area contributed by atoms with Crippen LogP contribution in [0.25, 0.3) is 0 Å². The second-order valence-corrected chi connectivity index (χ2v) is 3.24. The summed E-state index contributed by atoms with van der Waals surface area (Å²) in [6, 6.07) is 0. The van der Waals surface area contributed by atoms with Crippen molar-refractivity contribution < 1.29 is 4.74 Å². The Morgan fingerprint density at radius 1 is 1.73 bits per heavy atom. The van der Waals surface area contributed by atoms with Crippen LogP contribution >= 0.6 is 0 Å². The molecule has 1 N–H and O–H groups in total. The lowest BCUT2D eigenvalue weighted by atomic mass is 10.1. The molecule has 2 nitrogen and oxygen atoms in total. The predicted octanol–water partition coefficient (Wildman–Crippen LogP) is 1.33. The zero-order valence-electron chi connectivity index (χ0n) is 7.23. The summed E-state index contributed by atoms with van der Waals surface area (Å²) in [4.78, 5) is 0. The molecule has 1 rings (SSSR count). The van der Waals surface area contributed by atoms with Crippen LogP contribution < -0.4 is 5.32 Å². The van der Waals surface area contributed by atoms with Crippen LogP contribution in [-0.2, 0) is 4.74 Å². The molecule has 1 saturated heterocycles.